The van der Waals surface area contributed by atoms with Crippen LogP contribution in [-0.4, -0.2) is 38.4 Å². The number of hydrogen-bond acceptors (Lipinski definition) is 4. The summed E-state index contributed by atoms with van der Waals surface area (Å²) in [5.74, 6) is 0.302. The molecule has 1 unspecified atom stereocenters. The molecule has 1 rings (SSSR count). The van der Waals surface area contributed by atoms with Gasteiger partial charge in [0.05, 0.1) is 11.9 Å². The Morgan fingerprint density at radius 1 is 1.73 bits per heavy atom. The SMILES string of the molecule is CS(=O)CCNC(=O)Cn1cc(N)cn1. The Morgan fingerprint density at radius 3 is 3.00 bits per heavy atom. The number of nitrogens with two attached hydrogens (primary N) is 1. The molecule has 0 aliphatic heterocycles. The largest absolute Gasteiger partial charge is 0.396 e. The van der Waals surface area contributed by atoms with Crippen LogP contribution in [0.1, 0.15) is 0 Å². The van der Waals surface area contributed by atoms with E-state index in [2.05, 4.69) is 10.4 Å². The van der Waals surface area contributed by atoms with Gasteiger partial charge in [0.1, 0.15) is 6.54 Å². The van der Waals surface area contributed by atoms with Crippen molar-refractivity contribution in [3.8, 4) is 0 Å². The molecule has 0 spiro atoms. The van der Waals surface area contributed by atoms with E-state index in [0.29, 0.717) is 18.0 Å². The van der Waals surface area contributed by atoms with Gasteiger partial charge in [0.2, 0.25) is 5.91 Å². The lowest BCUT2D eigenvalue weighted by Gasteiger charge is -2.03. The second-order valence-corrected chi connectivity index (χ2v) is 4.65. The lowest BCUT2D eigenvalue weighted by molar-refractivity contribution is -0.121. The van der Waals surface area contributed by atoms with E-state index in [1.54, 1.807) is 12.5 Å². The molecule has 0 fully saturated rings. The number of carbonyl (C=O) groups excluding carboxylic acids is 1. The van der Waals surface area contributed by atoms with Crippen molar-refractivity contribution in [3.05, 3.63) is 12.4 Å². The zero-order valence-corrected chi connectivity index (χ0v) is 9.29. The quantitative estimate of drug-likeness (QED) is 0.676. The molecule has 1 aromatic rings. The van der Waals surface area contributed by atoms with Crippen LogP contribution in [0.15, 0.2) is 12.4 Å². The molecular weight excluding hydrogens is 216 g/mol. The molecule has 1 aromatic heterocycles. The van der Waals surface area contributed by atoms with Gasteiger partial charge in [-0.1, -0.05) is 0 Å². The van der Waals surface area contributed by atoms with Gasteiger partial charge in [0.25, 0.3) is 0 Å². The van der Waals surface area contributed by atoms with Crippen molar-refractivity contribution in [2.75, 3.05) is 24.3 Å². The van der Waals surface area contributed by atoms with Crippen LogP contribution in [0.3, 0.4) is 0 Å². The van der Waals surface area contributed by atoms with Crippen LogP contribution in [0.4, 0.5) is 5.69 Å². The lowest BCUT2D eigenvalue weighted by atomic mass is 10.5. The first-order chi connectivity index (χ1) is 7.08. The summed E-state index contributed by atoms with van der Waals surface area (Å²) >= 11 is 0. The van der Waals surface area contributed by atoms with Gasteiger partial charge in [-0.05, 0) is 0 Å². The summed E-state index contributed by atoms with van der Waals surface area (Å²) in [4.78, 5) is 11.3. The number of nitrogen functional groups attached to an aromatic ring is 1. The maximum absolute atomic E-state index is 11.3. The fourth-order valence-corrected chi connectivity index (χ4v) is 1.39. The molecule has 0 aliphatic carbocycles. The second-order valence-electron chi connectivity index (χ2n) is 3.10. The summed E-state index contributed by atoms with van der Waals surface area (Å²) in [6, 6.07) is 0. The zero-order valence-electron chi connectivity index (χ0n) is 8.47. The number of carbonyl (C=O) groups is 1. The van der Waals surface area contributed by atoms with E-state index < -0.39 is 10.8 Å². The average molecular weight is 230 g/mol. The Hall–Kier alpha value is -1.37. The van der Waals surface area contributed by atoms with Crippen LogP contribution in [-0.2, 0) is 22.1 Å². The van der Waals surface area contributed by atoms with Crippen molar-refractivity contribution in [2.24, 2.45) is 0 Å². The lowest BCUT2D eigenvalue weighted by Crippen LogP contribution is -2.30. The summed E-state index contributed by atoms with van der Waals surface area (Å²) in [5.41, 5.74) is 5.96. The van der Waals surface area contributed by atoms with Crippen molar-refractivity contribution in [1.29, 1.82) is 0 Å². The fourth-order valence-electron chi connectivity index (χ4n) is 1.00. The highest BCUT2D eigenvalue weighted by Gasteiger charge is 2.03. The van der Waals surface area contributed by atoms with Crippen LogP contribution in [0, 0.1) is 0 Å². The highest BCUT2D eigenvalue weighted by atomic mass is 32.2. The first-order valence-corrected chi connectivity index (χ1v) is 6.15. The van der Waals surface area contributed by atoms with Gasteiger partial charge < -0.3 is 11.1 Å². The minimum Gasteiger partial charge on any atom is -0.396 e. The first-order valence-electron chi connectivity index (χ1n) is 4.42. The van der Waals surface area contributed by atoms with Crippen molar-refractivity contribution in [2.45, 2.75) is 6.54 Å². The van der Waals surface area contributed by atoms with E-state index in [-0.39, 0.29) is 12.5 Å². The Kier molecular flexibility index (Phi) is 4.29. The summed E-state index contributed by atoms with van der Waals surface area (Å²) in [6.45, 7) is 0.548. The topological polar surface area (TPSA) is 90.0 Å². The summed E-state index contributed by atoms with van der Waals surface area (Å²) in [5, 5.41) is 6.51. The van der Waals surface area contributed by atoms with Crippen molar-refractivity contribution >= 4 is 22.4 Å². The van der Waals surface area contributed by atoms with Gasteiger partial charge in [-0.2, -0.15) is 5.10 Å². The summed E-state index contributed by atoms with van der Waals surface area (Å²) < 4.78 is 12.2. The monoisotopic (exact) mass is 230 g/mol. The van der Waals surface area contributed by atoms with E-state index >= 15 is 0 Å². The van der Waals surface area contributed by atoms with Crippen molar-refractivity contribution in [1.82, 2.24) is 15.1 Å². The number of hydrogen-bond donors (Lipinski definition) is 2. The van der Waals surface area contributed by atoms with Gasteiger partial charge in [-0.3, -0.25) is 13.7 Å². The number of amides is 1. The van der Waals surface area contributed by atoms with Crippen LogP contribution < -0.4 is 11.1 Å². The van der Waals surface area contributed by atoms with E-state index in [9.17, 15) is 9.00 Å². The zero-order chi connectivity index (χ0) is 11.3. The standard InChI is InChI=1S/C8H14N4O2S/c1-15(14)3-2-10-8(13)6-12-5-7(9)4-11-12/h4-5H,2-3,6,9H2,1H3,(H,10,13). The third kappa shape index (κ3) is 4.59. The molecule has 0 saturated carbocycles. The Morgan fingerprint density at radius 2 is 2.47 bits per heavy atom. The third-order valence-corrected chi connectivity index (χ3v) is 2.45. The summed E-state index contributed by atoms with van der Waals surface area (Å²) in [6.07, 6.45) is 4.66. The van der Waals surface area contributed by atoms with Gasteiger partial charge >= 0.3 is 0 Å². The fraction of sp³-hybridized carbons (Fsp3) is 0.500. The van der Waals surface area contributed by atoms with Gasteiger partial charge in [0, 0.05) is 35.5 Å². The van der Waals surface area contributed by atoms with E-state index in [4.69, 9.17) is 5.73 Å². The minimum absolute atomic E-state index is 0.132. The number of aromatic nitrogens is 2. The van der Waals surface area contributed by atoms with Crippen molar-refractivity contribution < 1.29 is 9.00 Å². The third-order valence-electron chi connectivity index (χ3n) is 1.67. The Bertz CT molecular complexity index is 363. The van der Waals surface area contributed by atoms with Crippen molar-refractivity contribution in [3.63, 3.8) is 0 Å². The molecule has 7 heteroatoms. The smallest absolute Gasteiger partial charge is 0.241 e. The first kappa shape index (κ1) is 11.7. The van der Waals surface area contributed by atoms with E-state index in [1.807, 2.05) is 0 Å². The molecule has 3 N–H and O–H groups in total. The molecule has 1 heterocycles. The number of rotatable bonds is 5. The molecule has 0 aliphatic rings. The number of nitrogens with one attached hydrogen (secondary N) is 1. The average Bonchev–Trinajstić information content (AvgIpc) is 2.50. The Balaban J connectivity index is 2.27. The molecule has 0 radical (unpaired) electrons. The molecule has 0 saturated heterocycles. The van der Waals surface area contributed by atoms with Gasteiger partial charge in [-0.15, -0.1) is 0 Å². The highest BCUT2D eigenvalue weighted by Crippen LogP contribution is 1.96. The molecule has 1 atom stereocenters. The van der Waals surface area contributed by atoms with E-state index in [1.165, 1.54) is 10.9 Å². The Labute approximate surface area is 90.3 Å². The van der Waals surface area contributed by atoms with Crippen LogP contribution >= 0.6 is 0 Å². The highest BCUT2D eigenvalue weighted by molar-refractivity contribution is 7.84. The minimum atomic E-state index is -0.881. The number of anilines is 1. The van der Waals surface area contributed by atoms with Crippen LogP contribution in [0.5, 0.6) is 0 Å². The molecule has 84 valence electrons. The second kappa shape index (κ2) is 5.50. The summed E-state index contributed by atoms with van der Waals surface area (Å²) in [7, 11) is -0.881. The maximum atomic E-state index is 11.3. The molecular formula is C8H14N4O2S. The predicted molar refractivity (Wildman–Crippen MR) is 58.6 cm³/mol. The molecule has 1 amide bonds. The molecule has 15 heavy (non-hydrogen) atoms. The number of nitrogens with zero attached hydrogens (tertiary/aromatic N) is 2. The van der Waals surface area contributed by atoms with Gasteiger partial charge in [-0.25, -0.2) is 0 Å². The molecule has 6 nitrogen and oxygen atoms in total. The molecule has 0 aromatic carbocycles. The van der Waals surface area contributed by atoms with Crippen LogP contribution in [0.2, 0.25) is 0 Å². The maximum Gasteiger partial charge on any atom is 0.241 e. The van der Waals surface area contributed by atoms with E-state index in [0.717, 1.165) is 0 Å². The van der Waals surface area contributed by atoms with Gasteiger partial charge in [0.15, 0.2) is 0 Å². The molecule has 0 bridgehead atoms. The van der Waals surface area contributed by atoms with Crippen LogP contribution in [0.25, 0.3) is 0 Å². The predicted octanol–water partition coefficient (Wildman–Crippen LogP) is -1.04. The normalized spacial score (nSPS) is 12.3.